The highest BCUT2D eigenvalue weighted by Crippen LogP contribution is 2.37. The van der Waals surface area contributed by atoms with Gasteiger partial charge in [-0.1, -0.05) is 72.8 Å². The number of nitrogens with one attached hydrogen (secondary N) is 1. The zero-order chi connectivity index (χ0) is 20.6. The maximum absolute atomic E-state index is 13.7. The van der Waals surface area contributed by atoms with Crippen molar-refractivity contribution in [1.29, 1.82) is 0 Å². The van der Waals surface area contributed by atoms with Crippen molar-refractivity contribution in [3.63, 3.8) is 0 Å². The molecular formula is C24H20N2O4. The molecule has 0 aliphatic carbocycles. The second-order valence-corrected chi connectivity index (χ2v) is 7.33. The number of carbonyl (C=O) groups is 2. The summed E-state index contributed by atoms with van der Waals surface area (Å²) in [5.74, 6) is 0.944. The Labute approximate surface area is 174 Å². The second kappa shape index (κ2) is 7.22. The van der Waals surface area contributed by atoms with Gasteiger partial charge in [0.2, 0.25) is 0 Å². The van der Waals surface area contributed by atoms with E-state index in [1.54, 1.807) is 0 Å². The highest BCUT2D eigenvalue weighted by molar-refractivity contribution is 6.09. The molecule has 0 aromatic heterocycles. The van der Waals surface area contributed by atoms with Crippen LogP contribution in [-0.2, 0) is 10.3 Å². The Morgan fingerprint density at radius 3 is 2.03 bits per heavy atom. The number of hydrogen-bond donors (Lipinski definition) is 1. The first-order valence-corrected chi connectivity index (χ1v) is 9.82. The molecule has 30 heavy (non-hydrogen) atoms. The summed E-state index contributed by atoms with van der Waals surface area (Å²) in [7, 11) is 0. The van der Waals surface area contributed by atoms with Gasteiger partial charge in [-0.25, -0.2) is 4.79 Å². The first-order valence-electron chi connectivity index (χ1n) is 9.82. The third-order valence-electron chi connectivity index (χ3n) is 5.47. The van der Waals surface area contributed by atoms with Gasteiger partial charge in [-0.3, -0.25) is 9.69 Å². The number of nitrogens with zero attached hydrogens (tertiary/aromatic N) is 1. The molecule has 1 fully saturated rings. The van der Waals surface area contributed by atoms with Gasteiger partial charge in [0.15, 0.2) is 23.1 Å². The quantitative estimate of drug-likeness (QED) is 0.683. The fourth-order valence-corrected chi connectivity index (χ4v) is 4.03. The number of amides is 3. The lowest BCUT2D eigenvalue weighted by molar-refractivity contribution is -0.131. The monoisotopic (exact) mass is 400 g/mol. The molecule has 6 nitrogen and oxygen atoms in total. The molecule has 150 valence electrons. The van der Waals surface area contributed by atoms with E-state index in [1.807, 2.05) is 84.9 Å². The second-order valence-electron chi connectivity index (χ2n) is 7.33. The van der Waals surface area contributed by atoms with Crippen molar-refractivity contribution < 1.29 is 19.1 Å². The van der Waals surface area contributed by atoms with Gasteiger partial charge >= 0.3 is 6.03 Å². The number of benzene rings is 3. The molecule has 3 amide bonds. The summed E-state index contributed by atoms with van der Waals surface area (Å²) in [6.45, 7) is 0.359. The summed E-state index contributed by atoms with van der Waals surface area (Å²) in [6.07, 6.45) is -0.447. The number of imide groups is 1. The van der Waals surface area contributed by atoms with E-state index >= 15 is 0 Å². The van der Waals surface area contributed by atoms with Crippen LogP contribution in [0.15, 0.2) is 84.9 Å². The van der Waals surface area contributed by atoms with Crippen molar-refractivity contribution in [2.75, 3.05) is 13.2 Å². The number of ether oxygens (including phenoxy) is 2. The third-order valence-corrected chi connectivity index (χ3v) is 5.47. The normalized spacial score (nSPS) is 19.5. The van der Waals surface area contributed by atoms with E-state index in [0.29, 0.717) is 22.6 Å². The van der Waals surface area contributed by atoms with E-state index in [-0.39, 0.29) is 19.1 Å². The summed E-state index contributed by atoms with van der Waals surface area (Å²) in [5, 5.41) is 2.95. The Balaban J connectivity index is 1.48. The van der Waals surface area contributed by atoms with Crippen LogP contribution in [0.4, 0.5) is 4.79 Å². The zero-order valence-electron chi connectivity index (χ0n) is 16.2. The molecule has 2 aliphatic rings. The minimum absolute atomic E-state index is 0.0976. The molecule has 3 aromatic rings. The standard InChI is InChI=1S/C24H20N2O4/c27-22-24(17-9-3-1-4-10-17,18-11-5-2-6-12-18)25-23(28)26(22)15-19-16-29-20-13-7-8-14-21(20)30-19/h1-14,19H,15-16H2,(H,25,28)/t19-/m0/s1. The molecular weight excluding hydrogens is 380 g/mol. The van der Waals surface area contributed by atoms with Crippen molar-refractivity contribution in [3.8, 4) is 11.5 Å². The predicted molar refractivity (Wildman–Crippen MR) is 110 cm³/mol. The maximum Gasteiger partial charge on any atom is 0.325 e. The van der Waals surface area contributed by atoms with Crippen LogP contribution in [0.5, 0.6) is 11.5 Å². The van der Waals surface area contributed by atoms with Gasteiger partial charge in [0.1, 0.15) is 6.61 Å². The average molecular weight is 400 g/mol. The fraction of sp³-hybridized carbons (Fsp3) is 0.167. The molecule has 1 saturated heterocycles. The lowest BCUT2D eigenvalue weighted by Crippen LogP contribution is -2.47. The van der Waals surface area contributed by atoms with Crippen LogP contribution in [0.3, 0.4) is 0 Å². The van der Waals surface area contributed by atoms with Crippen LogP contribution in [0, 0.1) is 0 Å². The molecule has 1 atom stereocenters. The predicted octanol–water partition coefficient (Wildman–Crippen LogP) is 3.32. The Bertz CT molecular complexity index is 1050. The summed E-state index contributed by atoms with van der Waals surface area (Å²) in [5.41, 5.74) is 0.152. The van der Waals surface area contributed by atoms with Crippen LogP contribution < -0.4 is 14.8 Å². The molecule has 0 unspecified atom stereocenters. The van der Waals surface area contributed by atoms with Gasteiger partial charge in [-0.05, 0) is 23.3 Å². The van der Waals surface area contributed by atoms with Crippen molar-refractivity contribution in [1.82, 2.24) is 10.2 Å². The van der Waals surface area contributed by atoms with E-state index < -0.39 is 17.7 Å². The van der Waals surface area contributed by atoms with Gasteiger partial charge in [-0.2, -0.15) is 0 Å². The van der Waals surface area contributed by atoms with Gasteiger partial charge in [0, 0.05) is 0 Å². The van der Waals surface area contributed by atoms with E-state index in [0.717, 1.165) is 0 Å². The van der Waals surface area contributed by atoms with E-state index in [4.69, 9.17) is 9.47 Å². The molecule has 0 bridgehead atoms. The van der Waals surface area contributed by atoms with Crippen LogP contribution in [0.1, 0.15) is 11.1 Å². The molecule has 5 rings (SSSR count). The van der Waals surface area contributed by atoms with Crippen molar-refractivity contribution in [2.24, 2.45) is 0 Å². The van der Waals surface area contributed by atoms with Crippen LogP contribution >= 0.6 is 0 Å². The summed E-state index contributed by atoms with van der Waals surface area (Å²) in [4.78, 5) is 27.9. The molecule has 0 radical (unpaired) electrons. The minimum Gasteiger partial charge on any atom is -0.486 e. The summed E-state index contributed by atoms with van der Waals surface area (Å²) >= 11 is 0. The first kappa shape index (κ1) is 18.2. The number of fused-ring (bicyclic) bond motifs is 1. The van der Waals surface area contributed by atoms with E-state index in [9.17, 15) is 9.59 Å². The van der Waals surface area contributed by atoms with Gasteiger partial charge in [0.25, 0.3) is 5.91 Å². The summed E-state index contributed by atoms with van der Waals surface area (Å²) in [6, 6.07) is 25.5. The van der Waals surface area contributed by atoms with E-state index in [1.165, 1.54) is 4.90 Å². The lowest BCUT2D eigenvalue weighted by Gasteiger charge is -2.30. The van der Waals surface area contributed by atoms with Crippen LogP contribution in [-0.4, -0.2) is 36.1 Å². The Morgan fingerprint density at radius 1 is 0.833 bits per heavy atom. The largest absolute Gasteiger partial charge is 0.486 e. The Morgan fingerprint density at radius 2 is 1.40 bits per heavy atom. The Hall–Kier alpha value is -3.80. The molecule has 1 N–H and O–H groups in total. The zero-order valence-corrected chi connectivity index (χ0v) is 16.2. The van der Waals surface area contributed by atoms with E-state index in [2.05, 4.69) is 5.32 Å². The molecule has 0 saturated carbocycles. The highest BCUT2D eigenvalue weighted by Gasteiger charge is 2.54. The number of carbonyl (C=O) groups excluding carboxylic acids is 2. The van der Waals surface area contributed by atoms with Gasteiger partial charge < -0.3 is 14.8 Å². The topological polar surface area (TPSA) is 67.9 Å². The molecule has 2 heterocycles. The Kier molecular flexibility index (Phi) is 4.39. The number of urea groups is 1. The minimum atomic E-state index is -1.27. The fourth-order valence-electron chi connectivity index (χ4n) is 4.03. The van der Waals surface area contributed by atoms with Crippen LogP contribution in [0.25, 0.3) is 0 Å². The average Bonchev–Trinajstić information content (AvgIpc) is 3.06. The molecule has 3 aromatic carbocycles. The third kappa shape index (κ3) is 2.88. The van der Waals surface area contributed by atoms with Crippen molar-refractivity contribution in [3.05, 3.63) is 96.1 Å². The summed E-state index contributed by atoms with van der Waals surface area (Å²) < 4.78 is 11.7. The molecule has 6 heteroatoms. The van der Waals surface area contributed by atoms with Gasteiger partial charge in [0.05, 0.1) is 6.54 Å². The van der Waals surface area contributed by atoms with Gasteiger partial charge in [-0.15, -0.1) is 0 Å². The number of hydrogen-bond acceptors (Lipinski definition) is 4. The lowest BCUT2D eigenvalue weighted by atomic mass is 9.82. The van der Waals surface area contributed by atoms with Crippen LogP contribution in [0.2, 0.25) is 0 Å². The highest BCUT2D eigenvalue weighted by atomic mass is 16.6. The SMILES string of the molecule is O=C1NC(c2ccccc2)(c2ccccc2)C(=O)N1C[C@H]1COc2ccccc2O1. The smallest absolute Gasteiger partial charge is 0.325 e. The van der Waals surface area contributed by atoms with Crippen molar-refractivity contribution in [2.45, 2.75) is 11.6 Å². The maximum atomic E-state index is 13.7. The van der Waals surface area contributed by atoms with Crippen molar-refractivity contribution >= 4 is 11.9 Å². The molecule has 0 spiro atoms. The molecule has 2 aliphatic heterocycles. The first-order chi connectivity index (χ1) is 14.7. The number of rotatable bonds is 4. The number of para-hydroxylation sites is 2.